The molecule has 1 aliphatic carbocycles. The number of rotatable bonds is 7. The molecule has 1 aliphatic rings. The van der Waals surface area contributed by atoms with E-state index in [9.17, 15) is 18.3 Å². The van der Waals surface area contributed by atoms with Gasteiger partial charge in [0.2, 0.25) is 10.0 Å². The number of benzene rings is 1. The molecule has 1 saturated carbocycles. The number of carboxylic acid groups (broad SMARTS) is 1. The number of carboxylic acids is 1. The van der Waals surface area contributed by atoms with E-state index in [0.29, 0.717) is 18.0 Å². The number of furan rings is 1. The van der Waals surface area contributed by atoms with Crippen molar-refractivity contribution in [1.82, 2.24) is 4.72 Å². The second-order valence-corrected chi connectivity index (χ2v) is 7.76. The number of carbonyl (C=O) groups is 1. The molecular weight excluding hydrogens is 344 g/mol. The molecule has 134 valence electrons. The van der Waals surface area contributed by atoms with E-state index in [1.807, 2.05) is 0 Å². The molecule has 1 aromatic carbocycles. The zero-order valence-electron chi connectivity index (χ0n) is 13.6. The van der Waals surface area contributed by atoms with Crippen LogP contribution in [0.25, 0.3) is 0 Å². The number of hydrogen-bond donors (Lipinski definition) is 3. The molecule has 7 nitrogen and oxygen atoms in total. The van der Waals surface area contributed by atoms with E-state index in [1.54, 1.807) is 12.1 Å². The number of anilines is 1. The summed E-state index contributed by atoms with van der Waals surface area (Å²) in [7, 11) is -3.73. The maximum Gasteiger partial charge on any atom is 0.337 e. The highest BCUT2D eigenvalue weighted by Crippen LogP contribution is 2.24. The predicted octanol–water partition coefficient (Wildman–Crippen LogP) is 2.81. The predicted molar refractivity (Wildman–Crippen MR) is 92.0 cm³/mol. The fraction of sp³-hybridized carbons (Fsp3) is 0.353. The first-order valence-electron chi connectivity index (χ1n) is 8.11. The molecule has 25 heavy (non-hydrogen) atoms. The summed E-state index contributed by atoms with van der Waals surface area (Å²) in [6.07, 6.45) is 5.16. The van der Waals surface area contributed by atoms with Crippen LogP contribution in [-0.2, 0) is 16.6 Å². The summed E-state index contributed by atoms with van der Waals surface area (Å²) in [5, 5.41) is 12.4. The first-order valence-corrected chi connectivity index (χ1v) is 9.60. The zero-order valence-corrected chi connectivity index (χ0v) is 14.4. The quantitative estimate of drug-likeness (QED) is 0.697. The molecule has 0 unspecified atom stereocenters. The molecule has 1 fully saturated rings. The summed E-state index contributed by atoms with van der Waals surface area (Å²) >= 11 is 0. The largest absolute Gasteiger partial charge is 0.478 e. The van der Waals surface area contributed by atoms with Crippen molar-refractivity contribution in [2.75, 3.05) is 5.32 Å². The van der Waals surface area contributed by atoms with Gasteiger partial charge in [-0.2, -0.15) is 0 Å². The first kappa shape index (κ1) is 17.5. The lowest BCUT2D eigenvalue weighted by Gasteiger charge is -2.14. The Kier molecular flexibility index (Phi) is 5.10. The second-order valence-electron chi connectivity index (χ2n) is 6.05. The average molecular weight is 364 g/mol. The van der Waals surface area contributed by atoms with Gasteiger partial charge in [0.25, 0.3) is 0 Å². The van der Waals surface area contributed by atoms with Crippen LogP contribution in [0.1, 0.15) is 41.8 Å². The van der Waals surface area contributed by atoms with E-state index in [0.717, 1.165) is 25.7 Å². The van der Waals surface area contributed by atoms with Gasteiger partial charge in [-0.25, -0.2) is 17.9 Å². The van der Waals surface area contributed by atoms with Crippen LogP contribution in [0.5, 0.6) is 0 Å². The lowest BCUT2D eigenvalue weighted by Crippen LogP contribution is -2.32. The van der Waals surface area contributed by atoms with Crippen molar-refractivity contribution < 1.29 is 22.7 Å². The van der Waals surface area contributed by atoms with Crippen LogP contribution in [-0.4, -0.2) is 25.5 Å². The number of sulfonamides is 1. The Hall–Kier alpha value is -2.32. The van der Waals surface area contributed by atoms with Gasteiger partial charge in [0.15, 0.2) is 0 Å². The van der Waals surface area contributed by atoms with Gasteiger partial charge in [0.1, 0.15) is 5.76 Å². The number of hydrogen-bond acceptors (Lipinski definition) is 5. The minimum atomic E-state index is -3.73. The molecule has 0 saturated heterocycles. The van der Waals surface area contributed by atoms with Crippen molar-refractivity contribution in [3.63, 3.8) is 0 Å². The summed E-state index contributed by atoms with van der Waals surface area (Å²) in [4.78, 5) is 11.5. The molecule has 1 aromatic heterocycles. The highest BCUT2D eigenvalue weighted by molar-refractivity contribution is 7.89. The molecule has 3 rings (SSSR count). The molecule has 0 atom stereocenters. The Labute approximate surface area is 146 Å². The molecule has 0 radical (unpaired) electrons. The Morgan fingerprint density at radius 1 is 1.24 bits per heavy atom. The third-order valence-electron chi connectivity index (χ3n) is 4.24. The van der Waals surface area contributed by atoms with E-state index in [1.165, 1.54) is 24.5 Å². The third-order valence-corrected chi connectivity index (χ3v) is 5.76. The van der Waals surface area contributed by atoms with Crippen LogP contribution in [0.15, 0.2) is 45.9 Å². The van der Waals surface area contributed by atoms with E-state index < -0.39 is 16.0 Å². The average Bonchev–Trinajstić information content (AvgIpc) is 3.25. The van der Waals surface area contributed by atoms with E-state index in [2.05, 4.69) is 10.0 Å². The summed E-state index contributed by atoms with van der Waals surface area (Å²) < 4.78 is 32.8. The summed E-state index contributed by atoms with van der Waals surface area (Å²) in [6.45, 7) is 0.305. The van der Waals surface area contributed by atoms with Gasteiger partial charge in [0, 0.05) is 11.7 Å². The van der Waals surface area contributed by atoms with Crippen molar-refractivity contribution in [2.24, 2.45) is 0 Å². The second kappa shape index (κ2) is 7.28. The smallest absolute Gasteiger partial charge is 0.337 e. The standard InChI is InChI=1S/C17H20N2O5S/c20-17(21)15-10-14(25(22,23)19-12-4-1-2-5-12)7-8-16(15)18-11-13-6-3-9-24-13/h3,6-10,12,18-19H,1-2,4-5,11H2,(H,20,21). The van der Waals surface area contributed by atoms with Crippen molar-refractivity contribution in [1.29, 1.82) is 0 Å². The third kappa shape index (κ3) is 4.21. The molecule has 3 N–H and O–H groups in total. The van der Waals surface area contributed by atoms with E-state index in [-0.39, 0.29) is 16.5 Å². The van der Waals surface area contributed by atoms with Crippen molar-refractivity contribution in [3.05, 3.63) is 47.9 Å². The van der Waals surface area contributed by atoms with Gasteiger partial charge in [-0.05, 0) is 43.2 Å². The highest BCUT2D eigenvalue weighted by Gasteiger charge is 2.24. The minimum absolute atomic E-state index is 0.0413. The van der Waals surface area contributed by atoms with Gasteiger partial charge in [-0.15, -0.1) is 0 Å². The van der Waals surface area contributed by atoms with Crippen LogP contribution in [0, 0.1) is 0 Å². The van der Waals surface area contributed by atoms with Gasteiger partial charge in [0.05, 0.1) is 23.3 Å². The van der Waals surface area contributed by atoms with Crippen LogP contribution in [0.2, 0.25) is 0 Å². The Morgan fingerprint density at radius 3 is 2.64 bits per heavy atom. The molecule has 0 aliphatic heterocycles. The molecule has 8 heteroatoms. The maximum atomic E-state index is 12.5. The summed E-state index contributed by atoms with van der Waals surface area (Å²) in [5.41, 5.74) is 0.240. The Morgan fingerprint density at radius 2 is 2.00 bits per heavy atom. The molecule has 1 heterocycles. The molecule has 0 amide bonds. The van der Waals surface area contributed by atoms with E-state index >= 15 is 0 Å². The number of aromatic carboxylic acids is 1. The lowest BCUT2D eigenvalue weighted by atomic mass is 10.2. The van der Waals surface area contributed by atoms with Crippen molar-refractivity contribution in [2.45, 2.75) is 43.2 Å². The summed E-state index contributed by atoms with van der Waals surface area (Å²) in [6, 6.07) is 7.49. The highest BCUT2D eigenvalue weighted by atomic mass is 32.2. The van der Waals surface area contributed by atoms with Gasteiger partial charge in [-0.1, -0.05) is 12.8 Å². The molecular formula is C17H20N2O5S. The fourth-order valence-electron chi connectivity index (χ4n) is 2.95. The van der Waals surface area contributed by atoms with Gasteiger partial charge in [-0.3, -0.25) is 0 Å². The topological polar surface area (TPSA) is 109 Å². The monoisotopic (exact) mass is 364 g/mol. The van der Waals surface area contributed by atoms with Gasteiger partial charge < -0.3 is 14.8 Å². The summed E-state index contributed by atoms with van der Waals surface area (Å²) in [5.74, 6) is -0.546. The molecule has 0 spiro atoms. The normalized spacial score (nSPS) is 15.4. The zero-order chi connectivity index (χ0) is 17.9. The van der Waals surface area contributed by atoms with Crippen molar-refractivity contribution in [3.8, 4) is 0 Å². The Balaban J connectivity index is 1.81. The fourth-order valence-corrected chi connectivity index (χ4v) is 4.28. The number of nitrogens with one attached hydrogen (secondary N) is 2. The first-order chi connectivity index (χ1) is 12.0. The lowest BCUT2D eigenvalue weighted by molar-refractivity contribution is 0.0697. The van der Waals surface area contributed by atoms with Crippen LogP contribution >= 0.6 is 0 Å². The van der Waals surface area contributed by atoms with Crippen LogP contribution in [0.3, 0.4) is 0 Å². The van der Waals surface area contributed by atoms with Crippen LogP contribution in [0.4, 0.5) is 5.69 Å². The van der Waals surface area contributed by atoms with Crippen molar-refractivity contribution >= 4 is 21.7 Å². The van der Waals surface area contributed by atoms with E-state index in [4.69, 9.17) is 4.42 Å². The van der Waals surface area contributed by atoms with Crippen LogP contribution < -0.4 is 10.0 Å². The maximum absolute atomic E-state index is 12.5. The SMILES string of the molecule is O=C(O)c1cc(S(=O)(=O)NC2CCCC2)ccc1NCc1ccco1. The molecule has 0 bridgehead atoms. The minimum Gasteiger partial charge on any atom is -0.478 e. The Bertz CT molecular complexity index is 840. The van der Waals surface area contributed by atoms with Gasteiger partial charge >= 0.3 is 5.97 Å². The molecule has 2 aromatic rings.